The van der Waals surface area contributed by atoms with Crippen LogP contribution in [0, 0.1) is 0 Å². The Balaban J connectivity index is 1.41. The zero-order valence-electron chi connectivity index (χ0n) is 51.7. The second kappa shape index (κ2) is 28.5. The maximum absolute atomic E-state index is 2.68. The van der Waals surface area contributed by atoms with Crippen LogP contribution in [0.25, 0.3) is 0 Å². The Bertz CT molecular complexity index is 1270. The van der Waals surface area contributed by atoms with E-state index in [2.05, 4.69) is 0 Å². The van der Waals surface area contributed by atoms with Crippen molar-refractivity contribution in [3.63, 3.8) is 0 Å². The topological polar surface area (TPSA) is 0 Å². The molecular weight excluding hydrogens is 1100 g/mol. The molecule has 454 valence electrons. The summed E-state index contributed by atoms with van der Waals surface area (Å²) < 4.78 is 0. The van der Waals surface area contributed by atoms with Gasteiger partial charge in [0.15, 0.2) is 0 Å². The first-order chi connectivity index (χ1) is 38.3. The van der Waals surface area contributed by atoms with Crippen molar-refractivity contribution in [3.05, 3.63) is 0 Å². The van der Waals surface area contributed by atoms with Crippen molar-refractivity contribution in [1.29, 1.82) is 0 Å². The van der Waals surface area contributed by atoms with Crippen LogP contribution >= 0.6 is 21.8 Å². The van der Waals surface area contributed by atoms with E-state index in [0.29, 0.717) is 0 Å². The maximum atomic E-state index is 1.84. The predicted molar refractivity (Wildman–Crippen MR) is 356 cm³/mol. The van der Waals surface area contributed by atoms with Crippen LogP contribution in [0.4, 0.5) is 0 Å². The fourth-order valence-electron chi connectivity index (χ4n) is 26.1. The van der Waals surface area contributed by atoms with Gasteiger partial charge in [0.25, 0.3) is 0 Å². The van der Waals surface area contributed by atoms with Crippen molar-refractivity contribution < 1.29 is 13.6 Å². The van der Waals surface area contributed by atoms with Gasteiger partial charge in [-0.2, -0.15) is 0 Å². The monoisotopic (exact) mass is 1230 g/mol. The molecule has 0 unspecified atom stereocenters. The molecule has 0 aromatic rings. The van der Waals surface area contributed by atoms with E-state index in [-0.39, 0.29) is 0 Å². The fraction of sp³-hybridized carbons (Fsp3) is 1.00. The van der Waals surface area contributed by atoms with E-state index in [4.69, 9.17) is 0 Å². The van der Waals surface area contributed by atoms with E-state index in [1.807, 2.05) is 154 Å². The molecular formula is C72H136P4Pd. The number of rotatable bonds is 16. The van der Waals surface area contributed by atoms with Crippen LogP contribution in [-0.2, 0) is 13.6 Å². The molecule has 5 heteroatoms. The Morgan fingerprint density at radius 1 is 0.117 bits per heavy atom. The third-order valence-electron chi connectivity index (χ3n) is 28.1. The summed E-state index contributed by atoms with van der Waals surface area (Å²) in [7, 11) is 0. The van der Waals surface area contributed by atoms with Crippen molar-refractivity contribution in [2.24, 2.45) is 0 Å². The molecule has 0 aliphatic heterocycles. The van der Waals surface area contributed by atoms with Gasteiger partial charge in [-0.05, 0) is 0 Å². The van der Waals surface area contributed by atoms with Crippen LogP contribution in [0.5, 0.6) is 0 Å². The number of hydrogen-bond donors (Lipinski definition) is 0. The molecule has 0 saturated heterocycles. The molecule has 12 rings (SSSR count). The van der Waals surface area contributed by atoms with Gasteiger partial charge in [-0.1, -0.05) is 0 Å². The molecule has 0 N–H and O–H groups in total. The minimum absolute atomic E-state index is 1.31. The fourth-order valence-corrected chi connectivity index (χ4v) is 261. The molecule has 0 aromatic heterocycles. The second-order valence-electron chi connectivity index (χ2n) is 31.6. The molecule has 12 fully saturated rings. The third-order valence-corrected chi connectivity index (χ3v) is 158. The van der Waals surface area contributed by atoms with Gasteiger partial charge < -0.3 is 0 Å². The van der Waals surface area contributed by atoms with Crippen molar-refractivity contribution in [2.75, 3.05) is 0 Å². The van der Waals surface area contributed by atoms with Gasteiger partial charge in [-0.3, -0.25) is 0 Å². The van der Waals surface area contributed by atoms with Crippen LogP contribution in [-0.4, -0.2) is 67.9 Å². The molecule has 12 saturated carbocycles. The van der Waals surface area contributed by atoms with Crippen molar-refractivity contribution >= 4 is 21.8 Å². The van der Waals surface area contributed by atoms with Gasteiger partial charge in [0.2, 0.25) is 0 Å². The summed E-state index contributed by atoms with van der Waals surface area (Å²) in [6.07, 6.45) is 105. The van der Waals surface area contributed by atoms with Crippen molar-refractivity contribution in [1.82, 2.24) is 0 Å². The second-order valence-corrected chi connectivity index (χ2v) is 88.5. The quantitative estimate of drug-likeness (QED) is 0.107. The van der Waals surface area contributed by atoms with Crippen molar-refractivity contribution in [2.45, 2.75) is 453 Å². The summed E-state index contributed by atoms with van der Waals surface area (Å²) in [5, 5.41) is 0. The first kappa shape index (κ1) is 59.7. The summed E-state index contributed by atoms with van der Waals surface area (Å²) in [5.41, 5.74) is 6.95. The number of hydrogen-bond acceptors (Lipinski definition) is 0. The average Bonchev–Trinajstić information content (AvgIpc) is 3.71. The van der Waals surface area contributed by atoms with E-state index in [1.54, 1.807) is 231 Å². The van der Waals surface area contributed by atoms with Crippen molar-refractivity contribution in [3.8, 4) is 0 Å². The summed E-state index contributed by atoms with van der Waals surface area (Å²) in [6, 6.07) is 0. The van der Waals surface area contributed by atoms with E-state index >= 15 is 0 Å². The van der Waals surface area contributed by atoms with Gasteiger partial charge in [0, 0.05) is 0 Å². The molecule has 0 atom stereocenters. The minimum atomic E-state index is -2.68. The zero-order chi connectivity index (χ0) is 51.9. The molecule has 12 aliphatic rings. The first-order valence-electron chi connectivity index (χ1n) is 37.9. The van der Waals surface area contributed by atoms with Gasteiger partial charge in [-0.25, -0.2) is 0 Å². The molecule has 0 bridgehead atoms. The van der Waals surface area contributed by atoms with E-state index in [9.17, 15) is 0 Å². The van der Waals surface area contributed by atoms with Crippen LogP contribution in [0.15, 0.2) is 0 Å². The molecule has 0 nitrogen and oxygen atoms in total. The SMILES string of the molecule is C1CCC([PH](C2CCCCC2)(C2CCCCC2)[Pd]([PH](C2CCCCC2)(C2CCCCC2)C2CCCCC2)([PH](C2CCCCC2)(C2CCCCC2)C2CCCCC2)[PH](C2CCCCC2)(C2CCCCC2)C2CCCCC2)CC1. The van der Waals surface area contributed by atoms with Gasteiger partial charge in [0.1, 0.15) is 0 Å². The molecule has 0 amide bonds. The molecule has 0 radical (unpaired) electrons. The molecule has 0 spiro atoms. The normalized spacial score (nSPS) is 32.1. The summed E-state index contributed by atoms with van der Waals surface area (Å²) in [6.45, 7) is 0. The van der Waals surface area contributed by atoms with Gasteiger partial charge >= 0.3 is 489 Å². The van der Waals surface area contributed by atoms with Crippen LogP contribution in [0.2, 0.25) is 0 Å². The van der Waals surface area contributed by atoms with Gasteiger partial charge in [-0.15, -0.1) is 0 Å². The zero-order valence-corrected chi connectivity index (χ0v) is 57.2. The Morgan fingerprint density at radius 2 is 0.195 bits per heavy atom. The van der Waals surface area contributed by atoms with E-state index in [0.717, 1.165) is 0 Å². The molecule has 0 heterocycles. The Hall–Kier alpha value is 2.38. The summed E-state index contributed by atoms with van der Waals surface area (Å²) >= 11 is -2.68. The van der Waals surface area contributed by atoms with E-state index in [1.165, 1.54) is 67.9 Å². The molecule has 77 heavy (non-hydrogen) atoms. The summed E-state index contributed by atoms with van der Waals surface area (Å²) in [4.78, 5) is 0. The first-order valence-corrected chi connectivity index (χ1v) is 55.4. The summed E-state index contributed by atoms with van der Waals surface area (Å²) in [5.74, 6) is 0. The van der Waals surface area contributed by atoms with E-state index < -0.39 is 35.4 Å². The van der Waals surface area contributed by atoms with Crippen LogP contribution in [0.1, 0.15) is 385 Å². The van der Waals surface area contributed by atoms with Crippen LogP contribution < -0.4 is 0 Å². The Labute approximate surface area is 485 Å². The molecule has 0 aromatic carbocycles. The Morgan fingerprint density at radius 3 is 0.273 bits per heavy atom. The molecule has 12 aliphatic carbocycles. The average molecular weight is 1230 g/mol. The van der Waals surface area contributed by atoms with Crippen LogP contribution in [0.3, 0.4) is 0 Å². The third kappa shape index (κ3) is 10.7. The van der Waals surface area contributed by atoms with Gasteiger partial charge in [0.05, 0.1) is 0 Å². The predicted octanol–water partition coefficient (Wildman–Crippen LogP) is 24.8. The standard InChI is InChI=1S/4C18H33P.Pd/c4*1-4-10-16(11-5-1)19(17-12-6-2-7-13-17)18-14-8-3-9-15-18;/h4*16-18H,1-15H2;/q;;;;-4/p+4. The Kier molecular flexibility index (Phi) is 22.1.